The maximum Gasteiger partial charge on any atom is 0.490 e. The van der Waals surface area contributed by atoms with E-state index in [2.05, 4.69) is 32.1 Å². The van der Waals surface area contributed by atoms with E-state index in [-0.39, 0.29) is 0 Å². The van der Waals surface area contributed by atoms with Gasteiger partial charge in [0, 0.05) is 48.8 Å². The van der Waals surface area contributed by atoms with Crippen LogP contribution in [-0.2, 0) is 9.59 Å². The number of aliphatic carboxylic acids is 2. The average Bonchev–Trinajstić information content (AvgIpc) is 3.36. The van der Waals surface area contributed by atoms with E-state index in [9.17, 15) is 26.3 Å². The number of fused-ring (bicyclic) bond motifs is 1. The van der Waals surface area contributed by atoms with Crippen LogP contribution in [0.25, 0.3) is 21.3 Å². The van der Waals surface area contributed by atoms with Crippen LogP contribution >= 0.6 is 11.3 Å². The lowest BCUT2D eigenvalue weighted by molar-refractivity contribution is -0.193. The van der Waals surface area contributed by atoms with Crippen LogP contribution < -0.4 is 14.4 Å². The molecule has 0 atom stereocenters. The van der Waals surface area contributed by atoms with E-state index in [4.69, 9.17) is 29.3 Å². The molecular formula is C24H26F6N4O6S. The number of hydrogen-bond donors (Lipinski definition) is 2. The van der Waals surface area contributed by atoms with Crippen LogP contribution in [0.5, 0.6) is 11.5 Å². The standard InChI is InChI=1S/C20H24N4O2S.2C2HF3O2/c1-4-23-7-9-24(10-8-23)19-18-16(12-27-20(18)22-13-21-19)15-6-5-14(25-2)11-17(15)26-3;2*3-2(4,5)1(6)7/h5-6,11-13H,4,7-10H2,1-3H3;2*(H,6,7). The van der Waals surface area contributed by atoms with Crippen LogP contribution in [0.3, 0.4) is 0 Å². The number of aromatic nitrogens is 2. The molecule has 0 bridgehead atoms. The first-order valence-corrected chi connectivity index (χ1v) is 12.5. The smallest absolute Gasteiger partial charge is 0.490 e. The number of anilines is 1. The van der Waals surface area contributed by atoms with Crippen molar-refractivity contribution in [3.63, 3.8) is 0 Å². The number of rotatable bonds is 5. The van der Waals surface area contributed by atoms with Gasteiger partial charge in [0.15, 0.2) is 0 Å². The Bertz CT molecular complexity index is 1300. The van der Waals surface area contributed by atoms with E-state index in [1.54, 1.807) is 31.9 Å². The summed E-state index contributed by atoms with van der Waals surface area (Å²) in [7, 11) is 3.35. The van der Waals surface area contributed by atoms with Crippen LogP contribution in [-0.4, -0.2) is 96.3 Å². The molecule has 226 valence electrons. The molecule has 2 N–H and O–H groups in total. The topological polar surface area (TPSA) is 125 Å². The molecule has 17 heteroatoms. The van der Waals surface area contributed by atoms with Crippen molar-refractivity contribution in [3.05, 3.63) is 29.9 Å². The molecule has 1 aliphatic rings. The van der Waals surface area contributed by atoms with Crippen molar-refractivity contribution >= 4 is 39.3 Å². The number of thiophene rings is 1. The van der Waals surface area contributed by atoms with Crippen LogP contribution in [0.4, 0.5) is 32.2 Å². The molecule has 1 saturated heterocycles. The summed E-state index contributed by atoms with van der Waals surface area (Å²) in [6.07, 6.45) is -8.49. The highest BCUT2D eigenvalue weighted by molar-refractivity contribution is 7.17. The van der Waals surface area contributed by atoms with Crippen LogP contribution in [0, 0.1) is 0 Å². The molecule has 0 radical (unpaired) electrons. The highest BCUT2D eigenvalue weighted by Crippen LogP contribution is 2.42. The third-order valence-electron chi connectivity index (χ3n) is 5.65. The molecular weight excluding hydrogens is 586 g/mol. The highest BCUT2D eigenvalue weighted by atomic mass is 32.1. The largest absolute Gasteiger partial charge is 0.497 e. The fourth-order valence-electron chi connectivity index (χ4n) is 3.59. The number of methoxy groups -OCH3 is 2. The summed E-state index contributed by atoms with van der Waals surface area (Å²) in [4.78, 5) is 32.8. The molecule has 0 aliphatic carbocycles. The van der Waals surface area contributed by atoms with Gasteiger partial charge in [0.05, 0.1) is 19.6 Å². The van der Waals surface area contributed by atoms with Gasteiger partial charge in [0.25, 0.3) is 0 Å². The quantitative estimate of drug-likeness (QED) is 0.389. The molecule has 3 heterocycles. The number of ether oxygens (including phenoxy) is 2. The summed E-state index contributed by atoms with van der Waals surface area (Å²) in [5, 5.41) is 17.5. The summed E-state index contributed by atoms with van der Waals surface area (Å²) in [5.74, 6) is -2.92. The zero-order valence-electron chi connectivity index (χ0n) is 21.9. The summed E-state index contributed by atoms with van der Waals surface area (Å²) in [6, 6.07) is 5.93. The lowest BCUT2D eigenvalue weighted by Crippen LogP contribution is -2.46. The molecule has 2 aromatic heterocycles. The van der Waals surface area contributed by atoms with E-state index in [0.29, 0.717) is 0 Å². The van der Waals surface area contributed by atoms with Gasteiger partial charge in [0.1, 0.15) is 28.5 Å². The Morgan fingerprint density at radius 1 is 0.927 bits per heavy atom. The second-order valence-electron chi connectivity index (χ2n) is 8.12. The lowest BCUT2D eigenvalue weighted by atomic mass is 10.0. The second kappa shape index (κ2) is 14.2. The minimum atomic E-state index is -5.08. The van der Waals surface area contributed by atoms with E-state index in [1.807, 2.05) is 18.2 Å². The number of carboxylic acid groups (broad SMARTS) is 2. The first-order chi connectivity index (χ1) is 19.1. The Hall–Kier alpha value is -3.86. The fourth-order valence-corrected chi connectivity index (χ4v) is 4.50. The Balaban J connectivity index is 0.000000349. The maximum absolute atomic E-state index is 10.6. The van der Waals surface area contributed by atoms with Crippen molar-refractivity contribution in [2.75, 3.05) is 51.8 Å². The zero-order chi connectivity index (χ0) is 31.0. The molecule has 41 heavy (non-hydrogen) atoms. The monoisotopic (exact) mass is 612 g/mol. The first kappa shape index (κ1) is 33.3. The molecule has 10 nitrogen and oxygen atoms in total. The van der Waals surface area contributed by atoms with Crippen molar-refractivity contribution in [1.82, 2.24) is 14.9 Å². The van der Waals surface area contributed by atoms with E-state index < -0.39 is 24.3 Å². The normalized spacial score (nSPS) is 13.9. The predicted molar refractivity (Wildman–Crippen MR) is 138 cm³/mol. The maximum atomic E-state index is 10.6. The number of nitrogens with zero attached hydrogens (tertiary/aromatic N) is 4. The van der Waals surface area contributed by atoms with Gasteiger partial charge in [-0.2, -0.15) is 26.3 Å². The number of halogens is 6. The summed E-state index contributed by atoms with van der Waals surface area (Å²) in [5.41, 5.74) is 2.15. The number of hydrogen-bond acceptors (Lipinski definition) is 9. The Morgan fingerprint density at radius 3 is 1.95 bits per heavy atom. The van der Waals surface area contributed by atoms with Crippen LogP contribution in [0.15, 0.2) is 29.9 Å². The van der Waals surface area contributed by atoms with Gasteiger partial charge >= 0.3 is 24.3 Å². The molecule has 3 aromatic rings. The Labute approximate surface area is 233 Å². The number of piperazine rings is 1. The summed E-state index contributed by atoms with van der Waals surface area (Å²) >= 11 is 1.65. The highest BCUT2D eigenvalue weighted by Gasteiger charge is 2.38. The molecule has 4 rings (SSSR count). The summed E-state index contributed by atoms with van der Waals surface area (Å²) in [6.45, 7) is 7.40. The molecule has 1 fully saturated rings. The van der Waals surface area contributed by atoms with Gasteiger partial charge in [0.2, 0.25) is 0 Å². The molecule has 0 saturated carbocycles. The number of carboxylic acids is 2. The minimum absolute atomic E-state index is 0.780. The van der Waals surface area contributed by atoms with E-state index in [1.165, 1.54) is 0 Å². The van der Waals surface area contributed by atoms with Crippen molar-refractivity contribution in [2.45, 2.75) is 19.3 Å². The fraction of sp³-hybridized carbons (Fsp3) is 0.417. The van der Waals surface area contributed by atoms with Gasteiger partial charge in [-0.25, -0.2) is 19.6 Å². The number of alkyl halides is 6. The van der Waals surface area contributed by atoms with Crippen molar-refractivity contribution < 1.29 is 55.6 Å². The van der Waals surface area contributed by atoms with E-state index in [0.717, 1.165) is 71.4 Å². The second-order valence-corrected chi connectivity index (χ2v) is 8.98. The van der Waals surface area contributed by atoms with Gasteiger partial charge in [-0.1, -0.05) is 6.92 Å². The van der Waals surface area contributed by atoms with Crippen molar-refractivity contribution in [3.8, 4) is 22.6 Å². The van der Waals surface area contributed by atoms with Crippen molar-refractivity contribution in [1.29, 1.82) is 0 Å². The lowest BCUT2D eigenvalue weighted by Gasteiger charge is -2.35. The van der Waals surface area contributed by atoms with Crippen LogP contribution in [0.1, 0.15) is 6.92 Å². The van der Waals surface area contributed by atoms with E-state index >= 15 is 0 Å². The molecule has 0 unspecified atom stereocenters. The number of benzene rings is 1. The van der Waals surface area contributed by atoms with Crippen LogP contribution in [0.2, 0.25) is 0 Å². The first-order valence-electron chi connectivity index (χ1n) is 11.7. The predicted octanol–water partition coefficient (Wildman–Crippen LogP) is 4.78. The SMILES string of the molecule is CCN1CCN(c2ncnc3scc(-c4ccc(OC)cc4OC)c23)CC1.O=C(O)C(F)(F)F.O=C(O)C(F)(F)F. The molecule has 1 aliphatic heterocycles. The van der Waals surface area contributed by atoms with Gasteiger partial charge in [-0.15, -0.1) is 11.3 Å². The van der Waals surface area contributed by atoms with Gasteiger partial charge in [-0.3, -0.25) is 0 Å². The third-order valence-corrected chi connectivity index (χ3v) is 6.54. The minimum Gasteiger partial charge on any atom is -0.497 e. The number of carbonyl (C=O) groups is 2. The van der Waals surface area contributed by atoms with Gasteiger partial charge in [-0.05, 0) is 18.7 Å². The molecule has 0 amide bonds. The average molecular weight is 613 g/mol. The zero-order valence-corrected chi connectivity index (χ0v) is 22.7. The van der Waals surface area contributed by atoms with Gasteiger partial charge < -0.3 is 29.5 Å². The third kappa shape index (κ3) is 9.07. The Kier molecular flexibility index (Phi) is 11.5. The Morgan fingerprint density at radius 2 is 1.49 bits per heavy atom. The summed E-state index contributed by atoms with van der Waals surface area (Å²) < 4.78 is 74.5. The number of likely N-dealkylation sites (N-methyl/N-ethyl adjacent to an activating group) is 1. The molecule has 1 aromatic carbocycles. The molecule has 0 spiro atoms. The van der Waals surface area contributed by atoms with Crippen molar-refractivity contribution in [2.24, 2.45) is 0 Å².